The number of anilines is 1. The van der Waals surface area contributed by atoms with E-state index in [0.717, 1.165) is 5.56 Å². The lowest BCUT2D eigenvalue weighted by Crippen LogP contribution is -2.14. The average molecular weight is 301 g/mol. The highest BCUT2D eigenvalue weighted by molar-refractivity contribution is 6.08. The second-order valence-corrected chi connectivity index (χ2v) is 4.73. The first-order valence-electron chi connectivity index (χ1n) is 6.77. The monoisotopic (exact) mass is 301 g/mol. The van der Waals surface area contributed by atoms with Crippen LogP contribution in [0.15, 0.2) is 36.4 Å². The molecule has 0 bridgehead atoms. The lowest BCUT2D eigenvalue weighted by molar-refractivity contribution is 0.102. The van der Waals surface area contributed by atoms with Crippen LogP contribution in [0.4, 0.5) is 5.69 Å². The number of ether oxygens (including phenoxy) is 3. The molecule has 0 saturated carbocycles. The van der Waals surface area contributed by atoms with Crippen molar-refractivity contribution >= 4 is 11.6 Å². The van der Waals surface area contributed by atoms with Crippen LogP contribution >= 0.6 is 0 Å². The van der Waals surface area contributed by atoms with E-state index >= 15 is 0 Å². The van der Waals surface area contributed by atoms with Gasteiger partial charge in [0, 0.05) is 17.8 Å². The molecule has 22 heavy (non-hydrogen) atoms. The maximum Gasteiger partial charge on any atom is 0.263 e. The summed E-state index contributed by atoms with van der Waals surface area (Å²) in [5.41, 5.74) is 2.10. The van der Waals surface area contributed by atoms with Gasteiger partial charge in [0.05, 0.1) is 21.3 Å². The molecule has 0 aliphatic rings. The van der Waals surface area contributed by atoms with Crippen molar-refractivity contribution in [2.24, 2.45) is 0 Å². The van der Waals surface area contributed by atoms with Gasteiger partial charge < -0.3 is 19.5 Å². The molecular formula is C17H19NO4. The molecule has 0 spiro atoms. The molecule has 1 amide bonds. The van der Waals surface area contributed by atoms with Gasteiger partial charge in [0.15, 0.2) is 0 Å². The molecule has 0 aromatic heterocycles. The summed E-state index contributed by atoms with van der Waals surface area (Å²) in [7, 11) is 4.54. The number of nitrogens with one attached hydrogen (secondary N) is 1. The Hall–Kier alpha value is -2.69. The van der Waals surface area contributed by atoms with E-state index in [1.165, 1.54) is 14.2 Å². The summed E-state index contributed by atoms with van der Waals surface area (Å²) >= 11 is 0. The molecule has 2 aromatic carbocycles. The molecular weight excluding hydrogens is 282 g/mol. The Morgan fingerprint density at radius 2 is 1.59 bits per heavy atom. The average Bonchev–Trinajstić information content (AvgIpc) is 2.53. The standard InChI is InChI=1S/C17H19NO4/c1-11-6-5-7-12(8-11)18-17(19)16-14(21-3)9-13(20-2)10-15(16)22-4/h5-10H,1-4H3,(H,18,19). The topological polar surface area (TPSA) is 56.8 Å². The molecule has 5 nitrogen and oxygen atoms in total. The van der Waals surface area contributed by atoms with Gasteiger partial charge in [0.25, 0.3) is 5.91 Å². The molecule has 1 N–H and O–H groups in total. The van der Waals surface area contributed by atoms with Crippen LogP contribution in [0.2, 0.25) is 0 Å². The van der Waals surface area contributed by atoms with E-state index in [0.29, 0.717) is 28.5 Å². The Balaban J connectivity index is 2.39. The number of rotatable bonds is 5. The second-order valence-electron chi connectivity index (χ2n) is 4.73. The minimum Gasteiger partial charge on any atom is -0.496 e. The SMILES string of the molecule is COc1cc(OC)c(C(=O)Nc2cccc(C)c2)c(OC)c1. The van der Waals surface area contributed by atoms with Crippen LogP contribution in [0.1, 0.15) is 15.9 Å². The highest BCUT2D eigenvalue weighted by Crippen LogP contribution is 2.34. The van der Waals surface area contributed by atoms with Gasteiger partial charge in [-0.2, -0.15) is 0 Å². The lowest BCUT2D eigenvalue weighted by Gasteiger charge is -2.15. The summed E-state index contributed by atoms with van der Waals surface area (Å²) in [4.78, 5) is 12.6. The maximum absolute atomic E-state index is 12.6. The van der Waals surface area contributed by atoms with Crippen LogP contribution in [0.25, 0.3) is 0 Å². The number of carbonyl (C=O) groups excluding carboxylic acids is 1. The lowest BCUT2D eigenvalue weighted by atomic mass is 10.1. The number of benzene rings is 2. The molecule has 2 aromatic rings. The highest BCUT2D eigenvalue weighted by atomic mass is 16.5. The number of hydrogen-bond acceptors (Lipinski definition) is 4. The number of carbonyl (C=O) groups is 1. The van der Waals surface area contributed by atoms with Crippen molar-refractivity contribution in [3.05, 3.63) is 47.5 Å². The van der Waals surface area contributed by atoms with E-state index in [1.807, 2.05) is 31.2 Å². The number of aryl methyl sites for hydroxylation is 1. The molecule has 2 rings (SSSR count). The maximum atomic E-state index is 12.6. The molecule has 0 heterocycles. The zero-order valence-corrected chi connectivity index (χ0v) is 13.1. The zero-order valence-electron chi connectivity index (χ0n) is 13.1. The smallest absolute Gasteiger partial charge is 0.263 e. The summed E-state index contributed by atoms with van der Waals surface area (Å²) < 4.78 is 15.8. The van der Waals surface area contributed by atoms with Gasteiger partial charge in [-0.25, -0.2) is 0 Å². The number of methoxy groups -OCH3 is 3. The minimum atomic E-state index is -0.304. The van der Waals surface area contributed by atoms with Gasteiger partial charge >= 0.3 is 0 Å². The molecule has 0 fully saturated rings. The fourth-order valence-electron chi connectivity index (χ4n) is 2.15. The third kappa shape index (κ3) is 3.31. The normalized spacial score (nSPS) is 10.0. The zero-order chi connectivity index (χ0) is 16.1. The Kier molecular flexibility index (Phi) is 4.88. The minimum absolute atomic E-state index is 0.304. The van der Waals surface area contributed by atoms with Gasteiger partial charge in [-0.05, 0) is 24.6 Å². The van der Waals surface area contributed by atoms with E-state index in [2.05, 4.69) is 5.32 Å². The van der Waals surface area contributed by atoms with Crippen molar-refractivity contribution in [3.63, 3.8) is 0 Å². The first-order chi connectivity index (χ1) is 10.6. The van der Waals surface area contributed by atoms with Crippen molar-refractivity contribution < 1.29 is 19.0 Å². The summed E-state index contributed by atoms with van der Waals surface area (Å²) in [5.74, 6) is 1.03. The quantitative estimate of drug-likeness (QED) is 0.921. The van der Waals surface area contributed by atoms with Crippen LogP contribution in [0.3, 0.4) is 0 Å². The summed E-state index contributed by atoms with van der Waals surface area (Å²) in [6, 6.07) is 10.9. The van der Waals surface area contributed by atoms with Gasteiger partial charge in [-0.3, -0.25) is 4.79 Å². The van der Waals surface area contributed by atoms with Crippen molar-refractivity contribution in [3.8, 4) is 17.2 Å². The largest absolute Gasteiger partial charge is 0.496 e. The van der Waals surface area contributed by atoms with Gasteiger partial charge in [0.2, 0.25) is 0 Å². The van der Waals surface area contributed by atoms with Crippen LogP contribution in [0.5, 0.6) is 17.2 Å². The van der Waals surface area contributed by atoms with Crippen molar-refractivity contribution in [1.82, 2.24) is 0 Å². The number of hydrogen-bond donors (Lipinski definition) is 1. The summed E-state index contributed by atoms with van der Waals surface area (Å²) in [6.07, 6.45) is 0. The molecule has 116 valence electrons. The molecule has 0 saturated heterocycles. The predicted octanol–water partition coefficient (Wildman–Crippen LogP) is 3.27. The first-order valence-corrected chi connectivity index (χ1v) is 6.77. The summed E-state index contributed by atoms with van der Waals surface area (Å²) in [5, 5.41) is 2.85. The van der Waals surface area contributed by atoms with Crippen molar-refractivity contribution in [2.45, 2.75) is 6.92 Å². The Morgan fingerprint density at radius 1 is 0.955 bits per heavy atom. The molecule has 0 atom stereocenters. The van der Waals surface area contributed by atoms with E-state index in [4.69, 9.17) is 14.2 Å². The van der Waals surface area contributed by atoms with Crippen LogP contribution < -0.4 is 19.5 Å². The third-order valence-electron chi connectivity index (χ3n) is 3.22. The highest BCUT2D eigenvalue weighted by Gasteiger charge is 2.20. The van der Waals surface area contributed by atoms with Gasteiger partial charge in [-0.15, -0.1) is 0 Å². The summed E-state index contributed by atoms with van der Waals surface area (Å²) in [6.45, 7) is 1.96. The van der Waals surface area contributed by atoms with Crippen LogP contribution in [-0.4, -0.2) is 27.2 Å². The Morgan fingerprint density at radius 3 is 2.09 bits per heavy atom. The van der Waals surface area contributed by atoms with E-state index in [1.54, 1.807) is 19.2 Å². The molecule has 0 aliphatic carbocycles. The molecule has 0 aliphatic heterocycles. The van der Waals surface area contributed by atoms with Crippen molar-refractivity contribution in [1.29, 1.82) is 0 Å². The Labute approximate surface area is 129 Å². The first kappa shape index (κ1) is 15.7. The van der Waals surface area contributed by atoms with E-state index in [9.17, 15) is 4.79 Å². The third-order valence-corrected chi connectivity index (χ3v) is 3.22. The molecule has 5 heteroatoms. The van der Waals surface area contributed by atoms with E-state index in [-0.39, 0.29) is 5.91 Å². The number of amides is 1. The predicted molar refractivity (Wildman–Crippen MR) is 85.2 cm³/mol. The second kappa shape index (κ2) is 6.85. The fraction of sp³-hybridized carbons (Fsp3) is 0.235. The van der Waals surface area contributed by atoms with Gasteiger partial charge in [0.1, 0.15) is 22.8 Å². The van der Waals surface area contributed by atoms with Crippen LogP contribution in [0, 0.1) is 6.92 Å². The Bertz CT molecular complexity index is 657. The van der Waals surface area contributed by atoms with Gasteiger partial charge in [-0.1, -0.05) is 12.1 Å². The van der Waals surface area contributed by atoms with Crippen LogP contribution in [-0.2, 0) is 0 Å². The fourth-order valence-corrected chi connectivity index (χ4v) is 2.15. The van der Waals surface area contributed by atoms with E-state index < -0.39 is 0 Å². The molecule has 0 radical (unpaired) electrons. The van der Waals surface area contributed by atoms with Crippen molar-refractivity contribution in [2.75, 3.05) is 26.6 Å². The molecule has 0 unspecified atom stereocenters.